The lowest BCUT2D eigenvalue weighted by Crippen LogP contribution is -2.24. The molecule has 3 nitrogen and oxygen atoms in total. The number of alkyl halides is 3. The van der Waals surface area contributed by atoms with E-state index in [1.54, 1.807) is 6.92 Å². The molecule has 0 unspecified atom stereocenters. The first-order valence-corrected chi connectivity index (χ1v) is 7.00. The van der Waals surface area contributed by atoms with Crippen LogP contribution in [0, 0.1) is 17.8 Å². The van der Waals surface area contributed by atoms with E-state index in [4.69, 9.17) is 4.74 Å². The molecule has 2 aliphatic rings. The second-order valence-corrected chi connectivity index (χ2v) is 5.52. The molecule has 0 radical (unpaired) electrons. The van der Waals surface area contributed by atoms with E-state index >= 15 is 0 Å². The molecule has 2 fully saturated rings. The Kier molecular flexibility index (Phi) is 3.43. The molecule has 0 spiro atoms. The van der Waals surface area contributed by atoms with Crippen molar-refractivity contribution in [3.8, 4) is 0 Å². The zero-order valence-electron chi connectivity index (χ0n) is 11.5. The third-order valence-electron chi connectivity index (χ3n) is 4.34. The van der Waals surface area contributed by atoms with Crippen LogP contribution in [0.4, 0.5) is 13.2 Å². The Balaban J connectivity index is 1.72. The van der Waals surface area contributed by atoms with E-state index in [1.165, 1.54) is 12.1 Å². The fourth-order valence-corrected chi connectivity index (χ4v) is 3.31. The van der Waals surface area contributed by atoms with Crippen molar-refractivity contribution >= 4 is 5.97 Å². The predicted octanol–water partition coefficient (Wildman–Crippen LogP) is 2.78. The maximum atomic E-state index is 12.6. The van der Waals surface area contributed by atoms with Crippen molar-refractivity contribution in [3.63, 3.8) is 0 Å². The molecule has 1 aromatic rings. The van der Waals surface area contributed by atoms with Gasteiger partial charge in [-0.15, -0.1) is 0 Å². The van der Waals surface area contributed by atoms with Crippen LogP contribution in [0.1, 0.15) is 24.1 Å². The maximum Gasteiger partial charge on any atom is 0.416 e. The van der Waals surface area contributed by atoms with Crippen LogP contribution in [0.2, 0.25) is 0 Å². The number of rotatable bonds is 3. The van der Waals surface area contributed by atoms with Gasteiger partial charge in [-0.05, 0) is 43.0 Å². The summed E-state index contributed by atoms with van der Waals surface area (Å²) in [5.74, 6) is 0.0848. The minimum absolute atomic E-state index is 0.0633. The quantitative estimate of drug-likeness (QED) is 0.872. The van der Waals surface area contributed by atoms with Gasteiger partial charge in [-0.2, -0.15) is 13.2 Å². The summed E-state index contributed by atoms with van der Waals surface area (Å²) in [4.78, 5) is 11.8. The van der Waals surface area contributed by atoms with Crippen LogP contribution in [0.25, 0.3) is 0 Å². The SMILES string of the molecule is CCOC(=O)[C@H]1[C@H]2CN[C@H](c3ccc(C(F)(F)F)cc3)[C@H]21. The van der Waals surface area contributed by atoms with Gasteiger partial charge in [0, 0.05) is 6.04 Å². The van der Waals surface area contributed by atoms with Crippen molar-refractivity contribution in [2.45, 2.75) is 19.1 Å². The van der Waals surface area contributed by atoms with Crippen molar-refractivity contribution in [3.05, 3.63) is 35.4 Å². The average molecular weight is 299 g/mol. The molecule has 1 N–H and O–H groups in total. The normalized spacial score (nSPS) is 30.9. The second-order valence-electron chi connectivity index (χ2n) is 5.52. The van der Waals surface area contributed by atoms with Gasteiger partial charge in [-0.1, -0.05) is 12.1 Å². The van der Waals surface area contributed by atoms with Crippen LogP contribution in [-0.4, -0.2) is 19.1 Å². The van der Waals surface area contributed by atoms with Gasteiger partial charge in [-0.3, -0.25) is 4.79 Å². The molecule has 1 aliphatic heterocycles. The van der Waals surface area contributed by atoms with Crippen LogP contribution in [-0.2, 0) is 15.7 Å². The molecule has 0 bridgehead atoms. The lowest BCUT2D eigenvalue weighted by Gasteiger charge is -2.17. The zero-order chi connectivity index (χ0) is 15.2. The summed E-state index contributed by atoms with van der Waals surface area (Å²) in [7, 11) is 0. The minimum atomic E-state index is -4.32. The molecule has 3 rings (SSSR count). The van der Waals surface area contributed by atoms with Crippen molar-refractivity contribution in [1.29, 1.82) is 0 Å². The number of benzene rings is 1. The number of nitrogens with one attached hydrogen (secondary N) is 1. The highest BCUT2D eigenvalue weighted by atomic mass is 19.4. The van der Waals surface area contributed by atoms with Gasteiger partial charge in [0.25, 0.3) is 0 Å². The molecule has 114 valence electrons. The summed E-state index contributed by atoms with van der Waals surface area (Å²) < 4.78 is 42.7. The van der Waals surface area contributed by atoms with E-state index in [0.29, 0.717) is 13.2 Å². The van der Waals surface area contributed by atoms with Gasteiger partial charge in [-0.25, -0.2) is 0 Å². The highest BCUT2D eigenvalue weighted by Crippen LogP contribution is 2.57. The number of ether oxygens (including phenoxy) is 1. The molecule has 0 aromatic heterocycles. The standard InChI is InChI=1S/C15H16F3NO2/c1-2-21-14(20)12-10-7-19-13(11(10)12)8-3-5-9(6-4-8)15(16,17)18/h3-6,10-13,19H,2,7H2,1H3/t10-,11+,12-,13+/m0/s1. The van der Waals surface area contributed by atoms with Crippen LogP contribution in [0.15, 0.2) is 24.3 Å². The predicted molar refractivity (Wildman–Crippen MR) is 69.3 cm³/mol. The van der Waals surface area contributed by atoms with Crippen molar-refractivity contribution in [2.24, 2.45) is 17.8 Å². The molecule has 1 saturated heterocycles. The molecule has 0 amide bonds. The van der Waals surface area contributed by atoms with E-state index in [0.717, 1.165) is 17.7 Å². The lowest BCUT2D eigenvalue weighted by molar-refractivity contribution is -0.145. The number of hydrogen-bond donors (Lipinski definition) is 1. The maximum absolute atomic E-state index is 12.6. The fourth-order valence-electron chi connectivity index (χ4n) is 3.31. The highest BCUT2D eigenvalue weighted by Gasteiger charge is 2.62. The number of halogens is 3. The largest absolute Gasteiger partial charge is 0.466 e. The Labute approximate surface area is 120 Å². The highest BCUT2D eigenvalue weighted by molar-refractivity contribution is 5.77. The van der Waals surface area contributed by atoms with Crippen molar-refractivity contribution < 1.29 is 22.7 Å². The van der Waals surface area contributed by atoms with Gasteiger partial charge >= 0.3 is 12.1 Å². The summed E-state index contributed by atoms with van der Waals surface area (Å²) in [5.41, 5.74) is 0.140. The molecular weight excluding hydrogens is 283 g/mol. The molecule has 1 aromatic carbocycles. The molecule has 1 heterocycles. The van der Waals surface area contributed by atoms with E-state index in [9.17, 15) is 18.0 Å². The Morgan fingerprint density at radius 3 is 2.57 bits per heavy atom. The Morgan fingerprint density at radius 2 is 2.00 bits per heavy atom. The number of piperidine rings is 1. The van der Waals surface area contributed by atoms with E-state index in [-0.39, 0.29) is 29.8 Å². The van der Waals surface area contributed by atoms with Gasteiger partial charge in [0.1, 0.15) is 0 Å². The monoisotopic (exact) mass is 299 g/mol. The van der Waals surface area contributed by atoms with Crippen molar-refractivity contribution in [2.75, 3.05) is 13.2 Å². The molecule has 1 saturated carbocycles. The number of esters is 1. The van der Waals surface area contributed by atoms with E-state index < -0.39 is 11.7 Å². The summed E-state index contributed by atoms with van der Waals surface area (Å²) in [6.45, 7) is 2.83. The number of carbonyl (C=O) groups excluding carboxylic acids is 1. The van der Waals surface area contributed by atoms with E-state index in [1.807, 2.05) is 0 Å². The topological polar surface area (TPSA) is 38.3 Å². The Hall–Kier alpha value is -1.56. The van der Waals surface area contributed by atoms with Gasteiger partial charge < -0.3 is 10.1 Å². The Bertz CT molecular complexity index is 541. The molecule has 4 atom stereocenters. The van der Waals surface area contributed by atoms with Crippen LogP contribution in [0.5, 0.6) is 0 Å². The number of fused-ring (bicyclic) bond motifs is 1. The first kappa shape index (κ1) is 14.4. The zero-order valence-corrected chi connectivity index (χ0v) is 11.5. The van der Waals surface area contributed by atoms with Gasteiger partial charge in [0.05, 0.1) is 18.1 Å². The van der Waals surface area contributed by atoms with Gasteiger partial charge in [0.15, 0.2) is 0 Å². The van der Waals surface area contributed by atoms with Crippen LogP contribution < -0.4 is 5.32 Å². The van der Waals surface area contributed by atoms with Crippen LogP contribution >= 0.6 is 0 Å². The average Bonchev–Trinajstić information content (AvgIpc) is 2.99. The summed E-state index contributed by atoms with van der Waals surface area (Å²) in [6.07, 6.45) is -4.32. The number of hydrogen-bond acceptors (Lipinski definition) is 3. The molecule has 1 aliphatic carbocycles. The fraction of sp³-hybridized carbons (Fsp3) is 0.533. The van der Waals surface area contributed by atoms with E-state index in [2.05, 4.69) is 5.32 Å². The second kappa shape index (κ2) is 5.02. The van der Waals surface area contributed by atoms with Crippen molar-refractivity contribution in [1.82, 2.24) is 5.32 Å². The molecular formula is C15H16F3NO2. The smallest absolute Gasteiger partial charge is 0.416 e. The Morgan fingerprint density at radius 1 is 1.33 bits per heavy atom. The summed E-state index contributed by atoms with van der Waals surface area (Å²) in [5, 5.41) is 3.27. The third kappa shape index (κ3) is 2.52. The van der Waals surface area contributed by atoms with Crippen LogP contribution in [0.3, 0.4) is 0 Å². The lowest BCUT2D eigenvalue weighted by atomic mass is 10.0. The summed E-state index contributed by atoms with van der Waals surface area (Å²) >= 11 is 0. The first-order valence-electron chi connectivity index (χ1n) is 7.00. The van der Waals surface area contributed by atoms with Gasteiger partial charge in [0.2, 0.25) is 0 Å². The third-order valence-corrected chi connectivity index (χ3v) is 4.34. The molecule has 6 heteroatoms. The summed E-state index contributed by atoms with van der Waals surface area (Å²) in [6, 6.07) is 5.09. The number of carbonyl (C=O) groups is 1. The minimum Gasteiger partial charge on any atom is -0.466 e. The first-order chi connectivity index (χ1) is 9.93. The molecule has 21 heavy (non-hydrogen) atoms.